The van der Waals surface area contributed by atoms with Gasteiger partial charge < -0.3 is 9.84 Å². The number of nitrogens with zero attached hydrogens (tertiary/aromatic N) is 1. The number of carboxylic acid groups (broad SMARTS) is 1. The van der Waals surface area contributed by atoms with Gasteiger partial charge in [0.1, 0.15) is 5.15 Å². The second-order valence-electron chi connectivity index (χ2n) is 4.43. The average molecular weight is 280 g/mol. The third-order valence-corrected chi connectivity index (χ3v) is 3.16. The predicted molar refractivity (Wildman–Crippen MR) is 73.4 cm³/mol. The number of pyridine rings is 1. The molecule has 0 aliphatic carbocycles. The van der Waals surface area contributed by atoms with Crippen LogP contribution in [-0.2, 0) is 16.1 Å². The maximum Gasteiger partial charge on any atom is 0.332 e. The van der Waals surface area contributed by atoms with Crippen molar-refractivity contribution in [2.24, 2.45) is 0 Å². The number of aryl methyl sites for hydroxylation is 1. The standard InChI is InChI=1S/C14H14ClNO3/c1-8-3-4-10-6-11(7-19-9(2)14(17)18)13(15)16-12(10)5-8/h3-6,9H,7H2,1-2H3,(H,17,18)/t9-/m1/s1. The molecule has 19 heavy (non-hydrogen) atoms. The molecule has 0 fully saturated rings. The van der Waals surface area contributed by atoms with Crippen molar-refractivity contribution in [2.45, 2.75) is 26.6 Å². The van der Waals surface area contributed by atoms with E-state index in [1.165, 1.54) is 6.92 Å². The van der Waals surface area contributed by atoms with Crippen molar-refractivity contribution < 1.29 is 14.6 Å². The lowest BCUT2D eigenvalue weighted by Crippen LogP contribution is -2.19. The number of aliphatic carboxylic acids is 1. The molecule has 4 nitrogen and oxygen atoms in total. The first kappa shape index (κ1) is 13.8. The minimum atomic E-state index is -1.000. The number of benzene rings is 1. The molecule has 0 bridgehead atoms. The average Bonchev–Trinajstić information content (AvgIpc) is 2.35. The molecule has 0 aliphatic rings. The van der Waals surface area contributed by atoms with Gasteiger partial charge in [-0.3, -0.25) is 0 Å². The number of fused-ring (bicyclic) bond motifs is 1. The topological polar surface area (TPSA) is 59.4 Å². The van der Waals surface area contributed by atoms with Crippen molar-refractivity contribution in [2.75, 3.05) is 0 Å². The summed E-state index contributed by atoms with van der Waals surface area (Å²) >= 11 is 6.08. The number of halogens is 1. The van der Waals surface area contributed by atoms with Crippen LogP contribution in [-0.4, -0.2) is 22.2 Å². The van der Waals surface area contributed by atoms with E-state index >= 15 is 0 Å². The number of ether oxygens (including phenoxy) is 1. The summed E-state index contributed by atoms with van der Waals surface area (Å²) in [6.07, 6.45) is -0.871. The molecular formula is C14H14ClNO3. The SMILES string of the molecule is Cc1ccc2cc(CO[C@H](C)C(=O)O)c(Cl)nc2c1. The highest BCUT2D eigenvalue weighted by molar-refractivity contribution is 6.30. The van der Waals surface area contributed by atoms with E-state index in [-0.39, 0.29) is 6.61 Å². The number of rotatable bonds is 4. The van der Waals surface area contributed by atoms with E-state index in [9.17, 15) is 4.79 Å². The third-order valence-electron chi connectivity index (χ3n) is 2.84. The molecule has 2 rings (SSSR count). The van der Waals surface area contributed by atoms with Gasteiger partial charge >= 0.3 is 5.97 Å². The van der Waals surface area contributed by atoms with Gasteiger partial charge in [0.25, 0.3) is 0 Å². The van der Waals surface area contributed by atoms with Crippen LogP contribution < -0.4 is 0 Å². The summed E-state index contributed by atoms with van der Waals surface area (Å²) in [6.45, 7) is 3.60. The van der Waals surface area contributed by atoms with Gasteiger partial charge in [-0.1, -0.05) is 23.7 Å². The lowest BCUT2D eigenvalue weighted by atomic mass is 10.1. The van der Waals surface area contributed by atoms with E-state index in [1.807, 2.05) is 31.2 Å². The van der Waals surface area contributed by atoms with Crippen LogP contribution in [0.4, 0.5) is 0 Å². The fraction of sp³-hybridized carbons (Fsp3) is 0.286. The Morgan fingerprint density at radius 1 is 1.47 bits per heavy atom. The van der Waals surface area contributed by atoms with Crippen LogP contribution in [0.2, 0.25) is 5.15 Å². The Balaban J connectivity index is 2.26. The van der Waals surface area contributed by atoms with Crippen LogP contribution in [0.15, 0.2) is 24.3 Å². The molecule has 0 unspecified atom stereocenters. The van der Waals surface area contributed by atoms with Crippen LogP contribution in [0, 0.1) is 6.92 Å². The molecule has 2 aromatic rings. The highest BCUT2D eigenvalue weighted by atomic mass is 35.5. The monoisotopic (exact) mass is 279 g/mol. The van der Waals surface area contributed by atoms with Gasteiger partial charge in [0, 0.05) is 10.9 Å². The Bertz CT molecular complexity index is 627. The second-order valence-corrected chi connectivity index (χ2v) is 4.78. The van der Waals surface area contributed by atoms with Crippen molar-refractivity contribution in [1.29, 1.82) is 0 Å². The maximum absolute atomic E-state index is 10.7. The molecular weight excluding hydrogens is 266 g/mol. The summed E-state index contributed by atoms with van der Waals surface area (Å²) in [7, 11) is 0. The highest BCUT2D eigenvalue weighted by Crippen LogP contribution is 2.22. The van der Waals surface area contributed by atoms with Gasteiger partial charge in [-0.2, -0.15) is 0 Å². The molecule has 1 N–H and O–H groups in total. The smallest absolute Gasteiger partial charge is 0.332 e. The van der Waals surface area contributed by atoms with Crippen LogP contribution in [0.5, 0.6) is 0 Å². The molecule has 1 atom stereocenters. The first-order chi connectivity index (χ1) is 8.97. The molecule has 5 heteroatoms. The van der Waals surface area contributed by atoms with Gasteiger partial charge in [0.05, 0.1) is 12.1 Å². The van der Waals surface area contributed by atoms with Gasteiger partial charge in [-0.25, -0.2) is 9.78 Å². The zero-order chi connectivity index (χ0) is 14.0. The van der Waals surface area contributed by atoms with Crippen molar-refractivity contribution in [3.8, 4) is 0 Å². The number of hydrogen-bond acceptors (Lipinski definition) is 3. The van der Waals surface area contributed by atoms with E-state index < -0.39 is 12.1 Å². The van der Waals surface area contributed by atoms with Gasteiger partial charge in [-0.05, 0) is 31.5 Å². The van der Waals surface area contributed by atoms with Crippen molar-refractivity contribution >= 4 is 28.5 Å². The third kappa shape index (κ3) is 3.22. The van der Waals surface area contributed by atoms with Gasteiger partial charge in [0.15, 0.2) is 6.10 Å². The molecule has 1 heterocycles. The Kier molecular flexibility index (Phi) is 4.02. The van der Waals surface area contributed by atoms with E-state index in [4.69, 9.17) is 21.4 Å². The normalized spacial score (nSPS) is 12.6. The second kappa shape index (κ2) is 5.55. The van der Waals surface area contributed by atoms with Crippen LogP contribution in [0.1, 0.15) is 18.1 Å². The number of aromatic nitrogens is 1. The minimum absolute atomic E-state index is 0.128. The molecule has 0 spiro atoms. The summed E-state index contributed by atoms with van der Waals surface area (Å²) in [6, 6.07) is 7.77. The van der Waals surface area contributed by atoms with Gasteiger partial charge in [0.2, 0.25) is 0 Å². The molecule has 0 aliphatic heterocycles. The lowest BCUT2D eigenvalue weighted by molar-refractivity contribution is -0.149. The zero-order valence-corrected chi connectivity index (χ0v) is 11.4. The van der Waals surface area contributed by atoms with Crippen LogP contribution >= 0.6 is 11.6 Å². The summed E-state index contributed by atoms with van der Waals surface area (Å²) in [4.78, 5) is 15.0. The Morgan fingerprint density at radius 2 is 2.21 bits per heavy atom. The summed E-state index contributed by atoms with van der Waals surface area (Å²) in [5.74, 6) is -1.000. The fourth-order valence-corrected chi connectivity index (χ4v) is 1.88. The van der Waals surface area contributed by atoms with Crippen molar-refractivity contribution in [1.82, 2.24) is 4.98 Å². The molecule has 0 saturated carbocycles. The van der Waals surface area contributed by atoms with E-state index in [2.05, 4.69) is 4.98 Å². The number of carboxylic acids is 1. The maximum atomic E-state index is 10.7. The predicted octanol–water partition coefficient (Wildman–Crippen LogP) is 3.19. The fourth-order valence-electron chi connectivity index (χ4n) is 1.68. The van der Waals surface area contributed by atoms with Crippen LogP contribution in [0.3, 0.4) is 0 Å². The highest BCUT2D eigenvalue weighted by Gasteiger charge is 2.13. The molecule has 0 amide bonds. The van der Waals surface area contributed by atoms with Crippen LogP contribution in [0.25, 0.3) is 10.9 Å². The first-order valence-corrected chi connectivity index (χ1v) is 6.25. The minimum Gasteiger partial charge on any atom is -0.479 e. The van der Waals surface area contributed by atoms with Crippen molar-refractivity contribution in [3.63, 3.8) is 0 Å². The molecule has 0 saturated heterocycles. The first-order valence-electron chi connectivity index (χ1n) is 5.87. The van der Waals surface area contributed by atoms with E-state index in [0.717, 1.165) is 16.5 Å². The van der Waals surface area contributed by atoms with E-state index in [0.29, 0.717) is 10.7 Å². The zero-order valence-electron chi connectivity index (χ0n) is 10.7. The summed E-state index contributed by atoms with van der Waals surface area (Å²) in [5.41, 5.74) is 2.62. The summed E-state index contributed by atoms with van der Waals surface area (Å²) in [5, 5.41) is 10.1. The Hall–Kier alpha value is -1.65. The Labute approximate surface area is 116 Å². The summed E-state index contributed by atoms with van der Waals surface area (Å²) < 4.78 is 5.22. The van der Waals surface area contributed by atoms with E-state index in [1.54, 1.807) is 0 Å². The van der Waals surface area contributed by atoms with Gasteiger partial charge in [-0.15, -0.1) is 0 Å². The molecule has 1 aromatic carbocycles. The van der Waals surface area contributed by atoms with Crippen molar-refractivity contribution in [3.05, 3.63) is 40.5 Å². The molecule has 1 aromatic heterocycles. The molecule has 0 radical (unpaired) electrons. The quantitative estimate of drug-likeness (QED) is 0.873. The Morgan fingerprint density at radius 3 is 2.89 bits per heavy atom. The number of hydrogen-bond donors (Lipinski definition) is 1. The lowest BCUT2D eigenvalue weighted by Gasteiger charge is -2.10. The molecule has 100 valence electrons. The number of carbonyl (C=O) groups is 1. The largest absolute Gasteiger partial charge is 0.479 e.